The summed E-state index contributed by atoms with van der Waals surface area (Å²) in [6.45, 7) is 11.1. The van der Waals surface area contributed by atoms with E-state index in [0.717, 1.165) is 47.3 Å². The molecule has 1 aromatic carbocycles. The fourth-order valence-corrected chi connectivity index (χ4v) is 8.82. The maximum Gasteiger partial charge on any atom is 0.160 e. The molecule has 0 amide bonds. The lowest BCUT2D eigenvalue weighted by Crippen LogP contribution is -2.66. The molecule has 2 aromatic heterocycles. The summed E-state index contributed by atoms with van der Waals surface area (Å²) in [6, 6.07) is 12.1. The van der Waals surface area contributed by atoms with Crippen LogP contribution in [0.4, 0.5) is 0 Å². The number of aromatic hydroxyl groups is 1. The molecule has 8 heteroatoms. The van der Waals surface area contributed by atoms with E-state index in [1.165, 1.54) is 89.1 Å². The summed E-state index contributed by atoms with van der Waals surface area (Å²) >= 11 is 0. The Balaban J connectivity index is 0.910. The number of phenols is 1. The molecule has 3 aromatic rings. The second-order valence-corrected chi connectivity index (χ2v) is 13.4. The van der Waals surface area contributed by atoms with Crippen molar-refractivity contribution in [2.24, 2.45) is 5.41 Å². The minimum absolute atomic E-state index is 0.246. The van der Waals surface area contributed by atoms with Gasteiger partial charge in [0.1, 0.15) is 5.75 Å². The third kappa shape index (κ3) is 4.18. The first kappa shape index (κ1) is 25.2. The van der Waals surface area contributed by atoms with E-state index in [1.807, 2.05) is 18.2 Å². The quantitative estimate of drug-likeness (QED) is 0.462. The molecule has 4 fully saturated rings. The first-order valence-corrected chi connectivity index (χ1v) is 15.7. The van der Waals surface area contributed by atoms with Crippen molar-refractivity contribution in [2.45, 2.75) is 76.0 Å². The number of phenolic OH excluding ortho intramolecular Hbond substituents is 1. The molecule has 3 N–H and O–H groups in total. The Morgan fingerprint density at radius 1 is 0.875 bits per heavy atom. The summed E-state index contributed by atoms with van der Waals surface area (Å²) in [5.41, 5.74) is 5.69. The summed E-state index contributed by atoms with van der Waals surface area (Å²) in [7, 11) is 0. The lowest BCUT2D eigenvalue weighted by atomic mass is 9.61. The third-order valence-corrected chi connectivity index (χ3v) is 11.2. The van der Waals surface area contributed by atoms with E-state index >= 15 is 0 Å². The minimum atomic E-state index is 0.246. The molecule has 1 aliphatic carbocycles. The van der Waals surface area contributed by atoms with Crippen LogP contribution in [-0.4, -0.2) is 98.9 Å². The zero-order valence-electron chi connectivity index (χ0n) is 23.8. The number of nitrogens with zero attached hydrogens (tertiary/aromatic N) is 5. The van der Waals surface area contributed by atoms with Crippen molar-refractivity contribution in [1.29, 1.82) is 0 Å². The molecule has 0 bridgehead atoms. The molecule has 4 aliphatic heterocycles. The van der Waals surface area contributed by atoms with Crippen LogP contribution in [0.1, 0.15) is 62.7 Å². The molecular formula is C32H43N7O. The topological polar surface area (TPSA) is 83.5 Å². The van der Waals surface area contributed by atoms with Crippen LogP contribution < -0.4 is 5.32 Å². The van der Waals surface area contributed by atoms with E-state index in [2.05, 4.69) is 48.2 Å². The Kier molecular flexibility index (Phi) is 6.17. The number of H-pyrrole nitrogens is 1. The van der Waals surface area contributed by atoms with Crippen molar-refractivity contribution >= 4 is 11.0 Å². The highest BCUT2D eigenvalue weighted by molar-refractivity contribution is 5.86. The maximum absolute atomic E-state index is 10.4. The average Bonchev–Trinajstić information content (AvgIpc) is 3.31. The largest absolute Gasteiger partial charge is 0.507 e. The average molecular weight is 542 g/mol. The highest BCUT2D eigenvalue weighted by Crippen LogP contribution is 2.47. The number of fused-ring (bicyclic) bond motifs is 3. The number of aromatic nitrogens is 3. The van der Waals surface area contributed by atoms with E-state index in [0.29, 0.717) is 17.5 Å². The second kappa shape index (κ2) is 9.79. The van der Waals surface area contributed by atoms with Gasteiger partial charge >= 0.3 is 0 Å². The Labute approximate surface area is 237 Å². The number of rotatable bonds is 4. The molecule has 1 saturated carbocycles. The van der Waals surface area contributed by atoms with Crippen LogP contribution in [0.2, 0.25) is 0 Å². The molecule has 3 saturated heterocycles. The molecule has 0 unspecified atom stereocenters. The van der Waals surface area contributed by atoms with Crippen molar-refractivity contribution in [2.75, 3.05) is 45.8 Å². The van der Waals surface area contributed by atoms with Crippen molar-refractivity contribution in [3.63, 3.8) is 0 Å². The molecular weight excluding hydrogens is 498 g/mol. The Morgan fingerprint density at radius 3 is 2.27 bits per heavy atom. The molecule has 40 heavy (non-hydrogen) atoms. The normalized spacial score (nSPS) is 27.1. The Bertz CT molecular complexity index is 1380. The van der Waals surface area contributed by atoms with Gasteiger partial charge < -0.3 is 25.2 Å². The van der Waals surface area contributed by atoms with Gasteiger partial charge in [-0.05, 0) is 101 Å². The number of hydrogen-bond acceptors (Lipinski definition) is 7. The standard InChI is InChI=1S/C32H43N7O/c1-21-30-26-16-28(25-4-2-3-5-29(25)40)35-36-31(26)34-27(30)10-15-39(21)23-8-13-37(14-9-23)22-6-11-38(12-7-22)24-17-32(18-24)19-33-20-32/h2-5,16,21-24,33,40H,6-15,17-20H2,1H3,(H,34,36)/t21-/m0/s1. The van der Waals surface area contributed by atoms with Gasteiger partial charge in [0, 0.05) is 66.9 Å². The summed E-state index contributed by atoms with van der Waals surface area (Å²) in [6.07, 6.45) is 9.14. The van der Waals surface area contributed by atoms with E-state index in [9.17, 15) is 5.11 Å². The van der Waals surface area contributed by atoms with Gasteiger partial charge in [0.05, 0.1) is 5.69 Å². The Morgan fingerprint density at radius 2 is 1.57 bits per heavy atom. The van der Waals surface area contributed by atoms with Crippen LogP contribution in [0.25, 0.3) is 22.3 Å². The fourth-order valence-electron chi connectivity index (χ4n) is 8.82. The van der Waals surface area contributed by atoms with Gasteiger partial charge in [0.25, 0.3) is 0 Å². The summed E-state index contributed by atoms with van der Waals surface area (Å²) in [4.78, 5) is 12.0. The number of para-hydroxylation sites is 1. The summed E-state index contributed by atoms with van der Waals surface area (Å²) in [5.74, 6) is 0.246. The summed E-state index contributed by atoms with van der Waals surface area (Å²) in [5, 5.41) is 24.0. The van der Waals surface area contributed by atoms with Crippen molar-refractivity contribution in [3.05, 3.63) is 41.6 Å². The van der Waals surface area contributed by atoms with Crippen LogP contribution >= 0.6 is 0 Å². The van der Waals surface area contributed by atoms with Crippen LogP contribution in [0.15, 0.2) is 30.3 Å². The molecule has 8 nitrogen and oxygen atoms in total. The zero-order valence-corrected chi connectivity index (χ0v) is 23.8. The van der Waals surface area contributed by atoms with Gasteiger partial charge in [-0.25, -0.2) is 0 Å². The summed E-state index contributed by atoms with van der Waals surface area (Å²) < 4.78 is 0. The number of aromatic amines is 1. The van der Waals surface area contributed by atoms with E-state index in [-0.39, 0.29) is 5.75 Å². The predicted octanol–water partition coefficient (Wildman–Crippen LogP) is 3.93. The van der Waals surface area contributed by atoms with E-state index in [1.54, 1.807) is 6.07 Å². The van der Waals surface area contributed by atoms with Crippen LogP contribution in [0.3, 0.4) is 0 Å². The van der Waals surface area contributed by atoms with Gasteiger partial charge in [-0.15, -0.1) is 10.2 Å². The first-order valence-electron chi connectivity index (χ1n) is 15.7. The van der Waals surface area contributed by atoms with Gasteiger partial charge in [-0.1, -0.05) is 12.1 Å². The third-order valence-electron chi connectivity index (χ3n) is 11.2. The fraction of sp³-hybridized carbons (Fsp3) is 0.625. The highest BCUT2D eigenvalue weighted by Gasteiger charge is 2.50. The number of piperidine rings is 2. The zero-order chi connectivity index (χ0) is 26.8. The van der Waals surface area contributed by atoms with Crippen LogP contribution in [0.5, 0.6) is 5.75 Å². The molecule has 8 rings (SSSR count). The molecule has 212 valence electrons. The van der Waals surface area contributed by atoms with Crippen LogP contribution in [-0.2, 0) is 6.42 Å². The van der Waals surface area contributed by atoms with E-state index < -0.39 is 0 Å². The second-order valence-electron chi connectivity index (χ2n) is 13.4. The van der Waals surface area contributed by atoms with E-state index in [4.69, 9.17) is 0 Å². The smallest absolute Gasteiger partial charge is 0.160 e. The number of likely N-dealkylation sites (tertiary alicyclic amines) is 2. The van der Waals surface area contributed by atoms with Crippen LogP contribution in [0, 0.1) is 5.41 Å². The van der Waals surface area contributed by atoms with Gasteiger partial charge in [-0.3, -0.25) is 4.90 Å². The van der Waals surface area contributed by atoms with Crippen molar-refractivity contribution in [3.8, 4) is 17.0 Å². The first-order chi connectivity index (χ1) is 19.6. The molecule has 1 spiro atoms. The molecule has 6 heterocycles. The number of nitrogens with one attached hydrogen (secondary N) is 2. The molecule has 5 aliphatic rings. The lowest BCUT2D eigenvalue weighted by molar-refractivity contribution is -0.0521. The molecule has 1 atom stereocenters. The number of benzene rings is 1. The maximum atomic E-state index is 10.4. The lowest BCUT2D eigenvalue weighted by Gasteiger charge is -2.58. The Hall–Kier alpha value is -2.52. The van der Waals surface area contributed by atoms with Crippen molar-refractivity contribution in [1.82, 2.24) is 35.2 Å². The minimum Gasteiger partial charge on any atom is -0.507 e. The van der Waals surface area contributed by atoms with Gasteiger partial charge in [0.2, 0.25) is 0 Å². The molecule has 0 radical (unpaired) electrons. The SMILES string of the molecule is C[C@H]1c2c([nH]c3nnc(-c4ccccc4O)cc23)CCN1C1CCN(C2CCN(C3CC4(CNC4)C3)CC2)CC1. The van der Waals surface area contributed by atoms with Crippen molar-refractivity contribution < 1.29 is 5.11 Å². The van der Waals surface area contributed by atoms with Gasteiger partial charge in [0.15, 0.2) is 5.65 Å². The van der Waals surface area contributed by atoms with Gasteiger partial charge in [-0.2, -0.15) is 0 Å². The predicted molar refractivity (Wildman–Crippen MR) is 157 cm³/mol. The monoisotopic (exact) mass is 541 g/mol. The highest BCUT2D eigenvalue weighted by atomic mass is 16.3. The number of hydrogen-bond donors (Lipinski definition) is 3.